The van der Waals surface area contributed by atoms with Gasteiger partial charge in [0.05, 0.1) is 53.3 Å². The number of nitrogens with zero attached hydrogens (tertiary/aromatic N) is 3. The maximum Gasteiger partial charge on any atom is 0.349 e. The van der Waals surface area contributed by atoms with E-state index in [0.717, 1.165) is 75.0 Å². The monoisotopic (exact) mass is 1180 g/mol. The lowest BCUT2D eigenvalue weighted by atomic mass is 10.0. The molecule has 0 saturated heterocycles. The Hall–Kier alpha value is -7.66. The minimum atomic E-state index is -1.54. The Balaban J connectivity index is 0.878. The first-order valence-corrected chi connectivity index (χ1v) is 30.0. The molecule has 0 spiro atoms. The maximum atomic E-state index is 13.8. The first kappa shape index (κ1) is 49.6. The van der Waals surface area contributed by atoms with Crippen molar-refractivity contribution in [2.45, 2.75) is 26.5 Å². The summed E-state index contributed by atoms with van der Waals surface area (Å²) in [7, 11) is 0. The number of aryl methyl sites for hydroxylation is 2. The van der Waals surface area contributed by atoms with Crippen LogP contribution in [0.4, 0.5) is 11.4 Å². The molecular weight excluding hydrogens is 1140 g/mol. The highest BCUT2D eigenvalue weighted by Gasteiger charge is 2.40. The number of benzene rings is 2. The van der Waals surface area contributed by atoms with E-state index in [2.05, 4.69) is 54.3 Å². The molecule has 79 heavy (non-hydrogen) atoms. The number of fused-ring (bicyclic) bond motifs is 7. The van der Waals surface area contributed by atoms with Crippen LogP contribution in [0, 0.1) is 11.3 Å². The molecule has 0 radical (unpaired) electrons. The van der Waals surface area contributed by atoms with Crippen LogP contribution in [0.2, 0.25) is 0 Å². The first-order chi connectivity index (χ1) is 38.8. The molecule has 2 aromatic carbocycles. The molecule has 0 fully saturated rings. The lowest BCUT2D eigenvalue weighted by Gasteiger charge is -2.25. The van der Waals surface area contributed by atoms with Crippen LogP contribution in [-0.2, 0) is 33.9 Å². The Kier molecular flexibility index (Phi) is 12.7. The van der Waals surface area contributed by atoms with Gasteiger partial charge in [-0.3, -0.25) is 14.2 Å². The molecule has 12 heterocycles. The molecule has 1 N–H and O–H groups in total. The number of carboxylic acid groups (broad SMARTS) is 1. The topological polar surface area (TPSA) is 205 Å². The molecule has 24 heteroatoms. The highest BCUT2D eigenvalue weighted by molar-refractivity contribution is 7.31. The highest BCUT2D eigenvalue weighted by Crippen LogP contribution is 2.67. The molecule has 6 aliphatic heterocycles. The molecular formula is C55H41N3O15S6. The fourth-order valence-electron chi connectivity index (χ4n) is 10.4. The van der Waals surface area contributed by atoms with Gasteiger partial charge in [-0.25, -0.2) is 4.79 Å². The van der Waals surface area contributed by atoms with Gasteiger partial charge in [-0.1, -0.05) is 24.3 Å². The van der Waals surface area contributed by atoms with Gasteiger partial charge >= 0.3 is 5.97 Å². The number of carboxylic acids is 1. The summed E-state index contributed by atoms with van der Waals surface area (Å²) in [5.74, 6) is 4.01. The predicted molar refractivity (Wildman–Crippen MR) is 300 cm³/mol. The van der Waals surface area contributed by atoms with E-state index in [1.54, 1.807) is 34.8 Å². The molecule has 0 unspecified atom stereocenters. The molecule has 0 bridgehead atoms. The third-order valence-electron chi connectivity index (χ3n) is 13.7. The van der Waals surface area contributed by atoms with E-state index >= 15 is 0 Å². The summed E-state index contributed by atoms with van der Waals surface area (Å²) in [6.07, 6.45) is 3.40. The van der Waals surface area contributed by atoms with Crippen LogP contribution in [0.1, 0.15) is 22.9 Å². The fraction of sp³-hybridized carbons (Fsp3) is 0.273. The van der Waals surface area contributed by atoms with Crippen molar-refractivity contribution in [3.05, 3.63) is 78.0 Å². The zero-order valence-corrected chi connectivity index (χ0v) is 46.4. The zero-order valence-electron chi connectivity index (χ0n) is 41.5. The number of aliphatic carboxylic acids is 1. The number of hydrogen-bond acceptors (Lipinski definition) is 22. The number of carbonyl (C=O) groups is 2. The summed E-state index contributed by atoms with van der Waals surface area (Å²) in [6.45, 7) is 5.77. The summed E-state index contributed by atoms with van der Waals surface area (Å²) >= 11 is 8.14. The van der Waals surface area contributed by atoms with Gasteiger partial charge in [0.15, 0.2) is 69.8 Å². The van der Waals surface area contributed by atoms with Crippen molar-refractivity contribution in [2.24, 2.45) is 0 Å². The smallest absolute Gasteiger partial charge is 0.349 e. The van der Waals surface area contributed by atoms with Crippen LogP contribution < -0.4 is 67.0 Å². The predicted octanol–water partition coefficient (Wildman–Crippen LogP) is 9.38. The third-order valence-corrected chi connectivity index (χ3v) is 21.3. The molecule has 402 valence electrons. The number of thiazole rings is 1. The largest absolute Gasteiger partial charge is 0.485 e. The van der Waals surface area contributed by atoms with Crippen LogP contribution in [0.15, 0.2) is 47.3 Å². The van der Waals surface area contributed by atoms with Crippen LogP contribution >= 0.6 is 68.0 Å². The zero-order chi connectivity index (χ0) is 53.5. The maximum absolute atomic E-state index is 13.8. The van der Waals surface area contributed by atoms with Crippen LogP contribution in [0.25, 0.3) is 61.1 Å². The van der Waals surface area contributed by atoms with E-state index in [1.165, 1.54) is 56.5 Å². The second-order valence-electron chi connectivity index (χ2n) is 18.2. The average molecular weight is 1180 g/mol. The number of nitriles is 1. The van der Waals surface area contributed by atoms with Gasteiger partial charge in [0.25, 0.3) is 12.0 Å². The second-order valence-corrected chi connectivity index (χ2v) is 24.3. The van der Waals surface area contributed by atoms with Crippen molar-refractivity contribution < 1.29 is 66.8 Å². The van der Waals surface area contributed by atoms with E-state index in [4.69, 9.17) is 52.1 Å². The van der Waals surface area contributed by atoms with Gasteiger partial charge < -0.3 is 62.1 Å². The highest BCUT2D eigenvalue weighted by atomic mass is 32.1. The Bertz CT molecular complexity index is 4070. The van der Waals surface area contributed by atoms with E-state index in [1.807, 2.05) is 0 Å². The van der Waals surface area contributed by atoms with Crippen molar-refractivity contribution >= 4 is 103 Å². The summed E-state index contributed by atoms with van der Waals surface area (Å²) in [6, 6.07) is 17.0. The van der Waals surface area contributed by atoms with Crippen molar-refractivity contribution in [1.82, 2.24) is 4.57 Å². The number of thiophene rings is 5. The number of anilines is 2. The Morgan fingerprint density at radius 3 is 1.51 bits per heavy atom. The van der Waals surface area contributed by atoms with E-state index in [0.29, 0.717) is 112 Å². The normalized spacial score (nSPS) is 16.1. The Morgan fingerprint density at radius 2 is 1.03 bits per heavy atom. The summed E-state index contributed by atoms with van der Waals surface area (Å²) < 4.78 is 70.3. The third kappa shape index (κ3) is 8.18. The first-order valence-electron chi connectivity index (χ1n) is 25.1. The SMILES string of the molecule is CCN1c2ccccc2CCc2cc(-c3sc(-c4sc(-c5sc(-c6sc(-c7sc(C=c8s/c(=C(\C#N)C(=O)O)n(COC=O)c8=O)c8c7OCCO8)c7c6OCCO7)c6c5OCCO6)c5c4OCCO5)c4c3OCCO4)ccc21. The minimum Gasteiger partial charge on any atom is -0.485 e. The van der Waals surface area contributed by atoms with Crippen molar-refractivity contribution in [3.8, 4) is 113 Å². The van der Waals surface area contributed by atoms with E-state index < -0.39 is 23.8 Å². The van der Waals surface area contributed by atoms with Crippen LogP contribution in [0.3, 0.4) is 0 Å². The van der Waals surface area contributed by atoms with Crippen molar-refractivity contribution in [3.63, 3.8) is 0 Å². The molecule has 0 amide bonds. The van der Waals surface area contributed by atoms with Gasteiger partial charge in [0.2, 0.25) is 0 Å². The number of hydrogen-bond donors (Lipinski definition) is 1. The Labute approximate surface area is 472 Å². The molecule has 14 rings (SSSR count). The molecule has 0 atom stereocenters. The van der Waals surface area contributed by atoms with Gasteiger partial charge in [-0.15, -0.1) is 68.0 Å². The molecule has 18 nitrogen and oxygen atoms in total. The second kappa shape index (κ2) is 20.2. The molecule has 6 aliphatic rings. The summed E-state index contributed by atoms with van der Waals surface area (Å²) in [5, 5.41) is 19.5. The lowest BCUT2D eigenvalue weighted by Crippen LogP contribution is -2.33. The summed E-state index contributed by atoms with van der Waals surface area (Å²) in [4.78, 5) is 47.0. The number of para-hydroxylation sites is 1. The number of ether oxygens (including phenoxy) is 11. The lowest BCUT2D eigenvalue weighted by molar-refractivity contribution is -0.132. The molecule has 0 aliphatic carbocycles. The minimum absolute atomic E-state index is 0.0699. The van der Waals surface area contributed by atoms with Crippen LogP contribution in [0.5, 0.6) is 57.5 Å². The van der Waals surface area contributed by atoms with Crippen LogP contribution in [-0.4, -0.2) is 94.7 Å². The molecule has 8 aromatic rings. The standard InChI is InChI=1S/C55H41N3O15S6/c1-2-57-30-6-4-3-5-26(30)7-8-27-21-28(9-10-31(27)57)44-36-37(67-14-13-66-36)47(76-44)48-40-41(71-18-17-70-40)51(78-48)52-43-42(72-19-20-73-43)50(79-52)49-39-38(68-15-16-69-39)46(77-49)45-35-34(64-11-12-65-35)32(74-45)22-33-53(60)58(24-63-25-59)54(75-33)29(23-56)55(61)62/h3-6,9-10,21-22,25H,2,7-8,11-20,24H2,1H3,(H,61,62)/b33-22?,54-29+. The van der Waals surface area contributed by atoms with E-state index in [-0.39, 0.29) is 42.1 Å². The van der Waals surface area contributed by atoms with Gasteiger partial charge in [0, 0.05) is 17.9 Å². The summed E-state index contributed by atoms with van der Waals surface area (Å²) in [5.41, 5.74) is 4.78. The Morgan fingerprint density at radius 1 is 0.595 bits per heavy atom. The van der Waals surface area contributed by atoms with Gasteiger partial charge in [-0.05, 0) is 60.7 Å². The number of rotatable bonds is 11. The number of carbonyl (C=O) groups excluding carboxylic acids is 1. The van der Waals surface area contributed by atoms with E-state index in [9.17, 15) is 24.8 Å². The molecule has 6 aromatic heterocycles. The van der Waals surface area contributed by atoms with Crippen molar-refractivity contribution in [1.29, 1.82) is 5.26 Å². The van der Waals surface area contributed by atoms with Crippen molar-refractivity contribution in [2.75, 3.05) is 77.5 Å². The quantitative estimate of drug-likeness (QED) is 0.120. The van der Waals surface area contributed by atoms with Gasteiger partial charge in [-0.2, -0.15) is 5.26 Å². The molecule has 0 saturated carbocycles. The average Bonchev–Trinajstić information content (AvgIpc) is 4.48. The number of aromatic nitrogens is 1. The fourth-order valence-corrected chi connectivity index (χ4v) is 17.9. The van der Waals surface area contributed by atoms with Gasteiger partial charge in [0.1, 0.15) is 76.8 Å².